The molecular weight excluding hydrogens is 353 g/mol. The number of halogens is 3. The van der Waals surface area contributed by atoms with Crippen LogP contribution in [-0.4, -0.2) is 19.9 Å². The highest BCUT2D eigenvalue weighted by Gasteiger charge is 2.30. The molecule has 0 atom stereocenters. The molecule has 8 heteroatoms. The highest BCUT2D eigenvalue weighted by atomic mass is 33.1. The predicted octanol–water partition coefficient (Wildman–Crippen LogP) is 4.70. The maximum Gasteiger partial charge on any atom is 0.416 e. The summed E-state index contributed by atoms with van der Waals surface area (Å²) in [4.78, 5) is 0. The average Bonchev–Trinajstić information content (AvgIpc) is 2.42. The van der Waals surface area contributed by atoms with Gasteiger partial charge in [-0.1, -0.05) is 45.9 Å². The molecule has 1 aromatic rings. The lowest BCUT2D eigenvalue weighted by Gasteiger charge is -2.07. The number of sulfone groups is 1. The van der Waals surface area contributed by atoms with Gasteiger partial charge in [-0.15, -0.1) is 6.58 Å². The Balaban J connectivity index is 2.56. The van der Waals surface area contributed by atoms with E-state index in [1.807, 2.05) is 0 Å². The lowest BCUT2D eigenvalue weighted by Crippen LogP contribution is -2.08. The quantitative estimate of drug-likeness (QED) is 0.378. The third kappa shape index (κ3) is 7.42. The smallest absolute Gasteiger partial charge is 0.228 e. The van der Waals surface area contributed by atoms with Crippen molar-refractivity contribution < 1.29 is 21.6 Å². The monoisotopic (exact) mass is 368 g/mol. The molecule has 122 valence electrons. The van der Waals surface area contributed by atoms with E-state index in [0.29, 0.717) is 5.56 Å². The topological polar surface area (TPSA) is 34.1 Å². The maximum atomic E-state index is 12.4. The molecule has 0 amide bonds. The molecular formula is C14H15F3O2S3. The molecule has 0 aromatic heterocycles. The van der Waals surface area contributed by atoms with Gasteiger partial charge < -0.3 is 0 Å². The fraction of sp³-hybridized carbons (Fsp3) is 0.286. The normalized spacial score (nSPS) is 12.7. The number of hydrogen-bond acceptors (Lipinski definition) is 4. The summed E-state index contributed by atoms with van der Waals surface area (Å²) in [7, 11) is -0.459. The summed E-state index contributed by atoms with van der Waals surface area (Å²) >= 11 is 0. The first-order valence-electron chi connectivity index (χ1n) is 6.15. The van der Waals surface area contributed by atoms with Crippen LogP contribution in [-0.2, 0) is 21.8 Å². The highest BCUT2D eigenvalue weighted by Crippen LogP contribution is 2.29. The van der Waals surface area contributed by atoms with E-state index in [2.05, 4.69) is 6.58 Å². The van der Waals surface area contributed by atoms with Crippen LogP contribution in [0, 0.1) is 0 Å². The Labute approximate surface area is 136 Å². The van der Waals surface area contributed by atoms with Crippen molar-refractivity contribution in [2.75, 3.05) is 11.5 Å². The second-order valence-electron chi connectivity index (χ2n) is 4.29. The van der Waals surface area contributed by atoms with Gasteiger partial charge in [-0.3, -0.25) is 0 Å². The molecule has 1 aromatic carbocycles. The number of alkyl halides is 3. The molecule has 0 bridgehead atoms. The highest BCUT2D eigenvalue weighted by molar-refractivity contribution is 8.77. The van der Waals surface area contributed by atoms with Crippen molar-refractivity contribution in [3.05, 3.63) is 59.5 Å². The van der Waals surface area contributed by atoms with E-state index < -0.39 is 21.6 Å². The largest absolute Gasteiger partial charge is 0.416 e. The van der Waals surface area contributed by atoms with Gasteiger partial charge in [0.2, 0.25) is 0 Å². The summed E-state index contributed by atoms with van der Waals surface area (Å²) in [6.07, 6.45) is -1.15. The Hall–Kier alpha value is -0.860. The van der Waals surface area contributed by atoms with E-state index in [1.165, 1.54) is 39.8 Å². The molecule has 0 unspecified atom stereocenters. The molecule has 2 nitrogen and oxygen atoms in total. The van der Waals surface area contributed by atoms with Gasteiger partial charge in [0.25, 0.3) is 0 Å². The van der Waals surface area contributed by atoms with Gasteiger partial charge in [0.1, 0.15) is 0 Å². The molecule has 0 spiro atoms. The molecule has 0 heterocycles. The minimum absolute atomic E-state index is 0.143. The van der Waals surface area contributed by atoms with E-state index in [9.17, 15) is 21.6 Å². The van der Waals surface area contributed by atoms with Crippen LogP contribution in [0.3, 0.4) is 0 Å². The summed E-state index contributed by atoms with van der Waals surface area (Å²) in [6.45, 7) is 3.56. The third-order valence-electron chi connectivity index (χ3n) is 2.42. The van der Waals surface area contributed by atoms with Crippen LogP contribution in [0.1, 0.15) is 11.1 Å². The molecule has 0 aliphatic rings. The van der Waals surface area contributed by atoms with E-state index in [4.69, 9.17) is 0 Å². The van der Waals surface area contributed by atoms with Crippen molar-refractivity contribution in [2.45, 2.75) is 11.9 Å². The molecule has 0 saturated heterocycles. The van der Waals surface area contributed by atoms with E-state index in [0.717, 1.165) is 17.9 Å². The van der Waals surface area contributed by atoms with Crippen LogP contribution in [0.4, 0.5) is 13.2 Å². The Bertz CT molecular complexity index is 605. The SMILES string of the molecule is C=CCSSC=CCS(=O)(=O)Cc1ccc(C(F)(F)F)cc1. The molecule has 0 saturated carbocycles. The summed E-state index contributed by atoms with van der Waals surface area (Å²) in [6, 6.07) is 4.17. The van der Waals surface area contributed by atoms with Gasteiger partial charge in [0, 0.05) is 5.75 Å². The molecule has 0 fully saturated rings. The maximum absolute atomic E-state index is 12.4. The van der Waals surface area contributed by atoms with E-state index in [-0.39, 0.29) is 11.5 Å². The van der Waals surface area contributed by atoms with Crippen LogP contribution in [0.5, 0.6) is 0 Å². The number of hydrogen-bond donors (Lipinski definition) is 0. The minimum Gasteiger partial charge on any atom is -0.228 e. The zero-order valence-corrected chi connectivity index (χ0v) is 14.0. The van der Waals surface area contributed by atoms with Crippen molar-refractivity contribution in [1.29, 1.82) is 0 Å². The lowest BCUT2D eigenvalue weighted by molar-refractivity contribution is -0.137. The van der Waals surface area contributed by atoms with Crippen LogP contribution in [0.15, 0.2) is 48.4 Å². The summed E-state index contributed by atoms with van der Waals surface area (Å²) < 4.78 is 61.0. The molecule has 0 N–H and O–H groups in total. The fourth-order valence-corrected chi connectivity index (χ4v) is 4.21. The first kappa shape index (κ1) is 19.2. The molecule has 1 rings (SSSR count). The van der Waals surface area contributed by atoms with Gasteiger partial charge >= 0.3 is 6.18 Å². The van der Waals surface area contributed by atoms with E-state index >= 15 is 0 Å². The first-order chi connectivity index (χ1) is 10.2. The average molecular weight is 368 g/mol. The van der Waals surface area contributed by atoms with Crippen molar-refractivity contribution in [2.24, 2.45) is 0 Å². The third-order valence-corrected chi connectivity index (χ3v) is 5.86. The second-order valence-corrected chi connectivity index (χ2v) is 8.72. The summed E-state index contributed by atoms with van der Waals surface area (Å²) in [5.74, 6) is 0.336. The standard InChI is InChI=1S/C14H15F3O2S3/c1-2-8-20-21-9-3-10-22(18,19)11-12-4-6-13(7-5-12)14(15,16)17/h2-7,9H,1,8,10-11H2. The summed E-state index contributed by atoms with van der Waals surface area (Å²) in [5, 5.41) is 1.68. The molecule has 0 aliphatic heterocycles. The predicted molar refractivity (Wildman–Crippen MR) is 88.3 cm³/mol. The van der Waals surface area contributed by atoms with Crippen molar-refractivity contribution in [3.63, 3.8) is 0 Å². The minimum atomic E-state index is -4.42. The van der Waals surface area contributed by atoms with E-state index in [1.54, 1.807) is 11.5 Å². The molecule has 22 heavy (non-hydrogen) atoms. The Morgan fingerprint density at radius 1 is 1.18 bits per heavy atom. The fourth-order valence-electron chi connectivity index (χ4n) is 1.45. The number of benzene rings is 1. The Morgan fingerprint density at radius 3 is 2.36 bits per heavy atom. The van der Waals surface area contributed by atoms with Crippen LogP contribution in [0.2, 0.25) is 0 Å². The Kier molecular flexibility index (Phi) is 7.58. The molecule has 0 aliphatic carbocycles. The van der Waals surface area contributed by atoms with Crippen LogP contribution in [0.25, 0.3) is 0 Å². The van der Waals surface area contributed by atoms with Crippen molar-refractivity contribution >= 4 is 31.4 Å². The number of rotatable bonds is 8. The van der Waals surface area contributed by atoms with Gasteiger partial charge in [-0.25, -0.2) is 8.42 Å². The van der Waals surface area contributed by atoms with Gasteiger partial charge in [-0.2, -0.15) is 13.2 Å². The van der Waals surface area contributed by atoms with Gasteiger partial charge in [0.05, 0.1) is 17.1 Å². The summed E-state index contributed by atoms with van der Waals surface area (Å²) in [5.41, 5.74) is -0.445. The van der Waals surface area contributed by atoms with Crippen molar-refractivity contribution in [3.8, 4) is 0 Å². The van der Waals surface area contributed by atoms with Crippen molar-refractivity contribution in [1.82, 2.24) is 0 Å². The van der Waals surface area contributed by atoms with Crippen LogP contribution < -0.4 is 0 Å². The van der Waals surface area contributed by atoms with Gasteiger partial charge in [0.15, 0.2) is 9.84 Å². The molecule has 0 radical (unpaired) electrons. The zero-order chi connectivity index (χ0) is 16.6. The second kappa shape index (κ2) is 8.69. The van der Waals surface area contributed by atoms with Gasteiger partial charge in [-0.05, 0) is 23.1 Å². The zero-order valence-electron chi connectivity index (χ0n) is 11.5. The Morgan fingerprint density at radius 2 is 1.82 bits per heavy atom. The first-order valence-corrected chi connectivity index (χ1v) is 10.4. The van der Waals surface area contributed by atoms with Crippen LogP contribution >= 0.6 is 21.6 Å². The lowest BCUT2D eigenvalue weighted by atomic mass is 10.1.